The number of carbonyl (C=O) groups is 2. The van der Waals surface area contributed by atoms with Crippen LogP contribution in [0.15, 0.2) is 12.3 Å². The number of nitrogens with two attached hydrogens (primary N) is 1. The van der Waals surface area contributed by atoms with E-state index in [1.165, 1.54) is 11.3 Å². The van der Waals surface area contributed by atoms with Crippen LogP contribution in [-0.4, -0.2) is 23.4 Å². The Morgan fingerprint density at radius 1 is 1.56 bits per heavy atom. The van der Waals surface area contributed by atoms with E-state index in [-0.39, 0.29) is 6.42 Å². The summed E-state index contributed by atoms with van der Waals surface area (Å²) in [6.45, 7) is 4.54. The molecular weight excluding hydrogens is 206 g/mol. The molecule has 5 heteroatoms. The molecule has 0 aliphatic heterocycles. The summed E-state index contributed by atoms with van der Waals surface area (Å²) in [6, 6.07) is 2.17. The van der Waals surface area contributed by atoms with Gasteiger partial charge in [-0.05, 0) is 25.5 Å². The lowest BCUT2D eigenvalue weighted by Gasteiger charge is -1.90. The highest BCUT2D eigenvalue weighted by Gasteiger charge is 1.90. The third-order valence-corrected chi connectivity index (χ3v) is 1.99. The van der Waals surface area contributed by atoms with Gasteiger partial charge in [-0.2, -0.15) is 0 Å². The largest absolute Gasteiger partial charge is 0.370 e. The molecule has 0 fully saturated rings. The maximum Gasteiger partial charge on any atom is 0.219 e. The van der Waals surface area contributed by atoms with Crippen molar-refractivity contribution in [1.29, 1.82) is 0 Å². The minimum atomic E-state index is -0.403. The van der Waals surface area contributed by atoms with Crippen LogP contribution < -0.4 is 11.1 Å². The molecule has 1 aromatic rings. The summed E-state index contributed by atoms with van der Waals surface area (Å²) in [4.78, 5) is 19.5. The van der Waals surface area contributed by atoms with Crippen LogP contribution in [0.2, 0.25) is 0 Å². The molecule has 3 N–H and O–H groups in total. The Balaban J connectivity index is 0.000000281. The molecule has 16 heavy (non-hydrogen) atoms. The van der Waals surface area contributed by atoms with Gasteiger partial charge in [0.25, 0.3) is 0 Å². The molecule has 0 saturated heterocycles. The van der Waals surface area contributed by atoms with Gasteiger partial charge in [0, 0.05) is 31.9 Å². The van der Waals surface area contributed by atoms with Crippen LogP contribution >= 0.6 is 0 Å². The topological polar surface area (TPSA) is 77.1 Å². The van der Waals surface area contributed by atoms with Gasteiger partial charge in [0.1, 0.15) is 0 Å². The maximum absolute atomic E-state index is 9.94. The molecule has 0 aliphatic carbocycles. The quantitative estimate of drug-likeness (QED) is 0.569. The van der Waals surface area contributed by atoms with Crippen molar-refractivity contribution in [3.8, 4) is 0 Å². The summed E-state index contributed by atoms with van der Waals surface area (Å²) in [5, 5.41) is 2.30. The fourth-order valence-corrected chi connectivity index (χ4v) is 1.13. The van der Waals surface area contributed by atoms with Gasteiger partial charge in [-0.3, -0.25) is 9.59 Å². The number of carbonyl (C=O) groups excluding carboxylic acids is 2. The van der Waals surface area contributed by atoms with Crippen LogP contribution in [-0.2, 0) is 16.6 Å². The van der Waals surface area contributed by atoms with Crippen molar-refractivity contribution in [2.75, 3.05) is 6.54 Å². The van der Waals surface area contributed by atoms with Crippen LogP contribution in [0.3, 0.4) is 0 Å². The summed E-state index contributed by atoms with van der Waals surface area (Å²) in [5.74, 6) is -0.403. The summed E-state index contributed by atoms with van der Waals surface area (Å²) >= 11 is 0. The minimum absolute atomic E-state index is 0.207. The lowest BCUT2D eigenvalue weighted by atomic mass is 10.4. The van der Waals surface area contributed by atoms with Crippen LogP contribution in [0.5, 0.6) is 0 Å². The smallest absolute Gasteiger partial charge is 0.219 e. The van der Waals surface area contributed by atoms with E-state index in [0.29, 0.717) is 13.0 Å². The molecule has 0 unspecified atom stereocenters. The SMILES string of the molecule is Cc1cc(C)n(C)c1.NC(=O)CCNC=O. The van der Waals surface area contributed by atoms with Crippen LogP contribution in [0, 0.1) is 13.8 Å². The molecule has 2 amide bonds. The Bertz CT molecular complexity index is 325. The van der Waals surface area contributed by atoms with Crippen LogP contribution in [0.1, 0.15) is 17.7 Å². The van der Waals surface area contributed by atoms with E-state index < -0.39 is 5.91 Å². The molecule has 0 bridgehead atoms. The first kappa shape index (κ1) is 14.2. The third kappa shape index (κ3) is 6.64. The van der Waals surface area contributed by atoms with Crippen LogP contribution in [0.4, 0.5) is 0 Å². The lowest BCUT2D eigenvalue weighted by Crippen LogP contribution is -2.20. The zero-order chi connectivity index (χ0) is 12.6. The molecule has 0 aliphatic rings. The van der Waals surface area contributed by atoms with Crippen molar-refractivity contribution in [2.24, 2.45) is 12.8 Å². The van der Waals surface area contributed by atoms with E-state index in [1.807, 2.05) is 0 Å². The average molecular weight is 225 g/mol. The third-order valence-electron chi connectivity index (χ3n) is 1.99. The molecular formula is C11H19N3O2. The second-order valence-electron chi connectivity index (χ2n) is 3.56. The molecule has 0 atom stereocenters. The Labute approximate surface area is 95.6 Å². The first-order valence-corrected chi connectivity index (χ1v) is 5.02. The number of nitrogens with one attached hydrogen (secondary N) is 1. The molecule has 0 spiro atoms. The normalized spacial score (nSPS) is 8.94. The summed E-state index contributed by atoms with van der Waals surface area (Å²) < 4.78 is 2.12. The highest BCUT2D eigenvalue weighted by molar-refractivity contribution is 5.74. The minimum Gasteiger partial charge on any atom is -0.370 e. The van der Waals surface area contributed by atoms with Gasteiger partial charge < -0.3 is 15.6 Å². The molecule has 90 valence electrons. The molecule has 0 aromatic carbocycles. The van der Waals surface area contributed by atoms with E-state index in [2.05, 4.69) is 43.0 Å². The van der Waals surface area contributed by atoms with E-state index in [9.17, 15) is 9.59 Å². The number of nitrogens with zero attached hydrogens (tertiary/aromatic N) is 1. The van der Waals surface area contributed by atoms with Gasteiger partial charge in [-0.1, -0.05) is 0 Å². The number of rotatable bonds is 4. The van der Waals surface area contributed by atoms with E-state index in [4.69, 9.17) is 5.73 Å². The van der Waals surface area contributed by atoms with E-state index in [0.717, 1.165) is 0 Å². The summed E-state index contributed by atoms with van der Waals surface area (Å²) in [5.41, 5.74) is 7.40. The summed E-state index contributed by atoms with van der Waals surface area (Å²) in [6.07, 6.45) is 2.86. The predicted octanol–water partition coefficient (Wildman–Crippen LogP) is 0.250. The van der Waals surface area contributed by atoms with Gasteiger partial charge in [0.2, 0.25) is 12.3 Å². The van der Waals surface area contributed by atoms with Crippen LogP contribution in [0.25, 0.3) is 0 Å². The van der Waals surface area contributed by atoms with Gasteiger partial charge in [0.05, 0.1) is 0 Å². The second-order valence-corrected chi connectivity index (χ2v) is 3.56. The fraction of sp³-hybridized carbons (Fsp3) is 0.455. The Morgan fingerprint density at radius 3 is 2.44 bits per heavy atom. The fourth-order valence-electron chi connectivity index (χ4n) is 1.13. The molecule has 1 heterocycles. The number of aryl methyl sites for hydroxylation is 3. The Hall–Kier alpha value is -1.78. The monoisotopic (exact) mass is 225 g/mol. The van der Waals surface area contributed by atoms with Gasteiger partial charge in [0.15, 0.2) is 0 Å². The number of hydrogen-bond acceptors (Lipinski definition) is 2. The van der Waals surface area contributed by atoms with Crippen molar-refractivity contribution in [3.05, 3.63) is 23.5 Å². The van der Waals surface area contributed by atoms with Gasteiger partial charge >= 0.3 is 0 Å². The average Bonchev–Trinajstić information content (AvgIpc) is 2.45. The first-order valence-electron chi connectivity index (χ1n) is 5.02. The molecule has 1 aromatic heterocycles. The highest BCUT2D eigenvalue weighted by atomic mass is 16.1. The second kappa shape index (κ2) is 7.50. The van der Waals surface area contributed by atoms with Crippen molar-refractivity contribution in [3.63, 3.8) is 0 Å². The highest BCUT2D eigenvalue weighted by Crippen LogP contribution is 2.02. The molecule has 0 saturated carbocycles. The molecule has 0 radical (unpaired) electrons. The molecule has 1 rings (SSSR count). The van der Waals surface area contributed by atoms with Crippen molar-refractivity contribution in [1.82, 2.24) is 9.88 Å². The van der Waals surface area contributed by atoms with Gasteiger partial charge in [-0.25, -0.2) is 0 Å². The zero-order valence-electron chi connectivity index (χ0n) is 9.99. The number of amides is 2. The maximum atomic E-state index is 9.94. The number of aromatic nitrogens is 1. The van der Waals surface area contributed by atoms with E-state index in [1.54, 1.807) is 0 Å². The number of primary amides is 1. The zero-order valence-corrected chi connectivity index (χ0v) is 9.99. The first-order chi connectivity index (χ1) is 7.47. The van der Waals surface area contributed by atoms with Crippen molar-refractivity contribution < 1.29 is 9.59 Å². The molecule has 5 nitrogen and oxygen atoms in total. The Morgan fingerprint density at radius 2 is 2.19 bits per heavy atom. The lowest BCUT2D eigenvalue weighted by molar-refractivity contribution is -0.118. The van der Waals surface area contributed by atoms with Gasteiger partial charge in [-0.15, -0.1) is 0 Å². The summed E-state index contributed by atoms with van der Waals surface area (Å²) in [7, 11) is 2.06. The Kier molecular flexibility index (Phi) is 6.67. The number of hydrogen-bond donors (Lipinski definition) is 2. The van der Waals surface area contributed by atoms with Crippen molar-refractivity contribution in [2.45, 2.75) is 20.3 Å². The van der Waals surface area contributed by atoms with E-state index >= 15 is 0 Å². The standard InChI is InChI=1S/C7H11N.C4H8N2O2/c1-6-4-7(2)8(3)5-6;5-4(8)1-2-6-3-7/h4-5H,1-3H3;3H,1-2H2,(H2,5,8)(H,6,7). The van der Waals surface area contributed by atoms with Crippen molar-refractivity contribution >= 4 is 12.3 Å². The predicted molar refractivity (Wildman–Crippen MR) is 62.8 cm³/mol.